The minimum Gasteiger partial charge on any atom is -0.371 e. The van der Waals surface area contributed by atoms with Gasteiger partial charge in [-0.15, -0.1) is 11.3 Å². The van der Waals surface area contributed by atoms with Crippen molar-refractivity contribution in [2.75, 3.05) is 24.5 Å². The minimum absolute atomic E-state index is 0.176. The number of anilines is 1. The molecule has 0 aliphatic carbocycles. The van der Waals surface area contributed by atoms with Crippen molar-refractivity contribution in [3.8, 4) is 10.6 Å². The summed E-state index contributed by atoms with van der Waals surface area (Å²) in [6.07, 6.45) is 1.08. The Kier molecular flexibility index (Phi) is 4.52. The SMILES string of the molecule is O=C(NCC1CCN(c2ccccc2)C1)c1cc(-c2cccs2)on1. The number of carbonyl (C=O) groups excluding carboxylic acids is 1. The third-order valence-electron chi connectivity index (χ3n) is 4.47. The Morgan fingerprint density at radius 2 is 2.16 bits per heavy atom. The first-order valence-corrected chi connectivity index (χ1v) is 9.26. The molecule has 1 amide bonds. The lowest BCUT2D eigenvalue weighted by atomic mass is 10.1. The number of rotatable bonds is 5. The maximum absolute atomic E-state index is 12.3. The number of hydrogen-bond donors (Lipinski definition) is 1. The Morgan fingerprint density at radius 3 is 2.96 bits per heavy atom. The summed E-state index contributed by atoms with van der Waals surface area (Å²) in [7, 11) is 0. The van der Waals surface area contributed by atoms with E-state index < -0.39 is 0 Å². The molecule has 1 fully saturated rings. The molecule has 1 aliphatic heterocycles. The van der Waals surface area contributed by atoms with E-state index in [1.807, 2.05) is 23.6 Å². The van der Waals surface area contributed by atoms with Crippen LogP contribution in [-0.4, -0.2) is 30.7 Å². The number of aromatic nitrogens is 1. The number of nitrogens with zero attached hydrogens (tertiary/aromatic N) is 2. The van der Waals surface area contributed by atoms with E-state index in [0.29, 0.717) is 23.9 Å². The Labute approximate surface area is 150 Å². The van der Waals surface area contributed by atoms with E-state index in [-0.39, 0.29) is 5.91 Å². The van der Waals surface area contributed by atoms with Crippen molar-refractivity contribution < 1.29 is 9.32 Å². The Hall–Kier alpha value is -2.60. The first-order chi connectivity index (χ1) is 12.3. The lowest BCUT2D eigenvalue weighted by molar-refractivity contribution is 0.0939. The van der Waals surface area contributed by atoms with E-state index in [0.717, 1.165) is 24.4 Å². The monoisotopic (exact) mass is 353 g/mol. The number of amides is 1. The lowest BCUT2D eigenvalue weighted by Gasteiger charge is -2.18. The molecule has 1 N–H and O–H groups in total. The summed E-state index contributed by atoms with van der Waals surface area (Å²) in [5.41, 5.74) is 1.58. The molecule has 1 aromatic carbocycles. The fourth-order valence-electron chi connectivity index (χ4n) is 3.12. The predicted molar refractivity (Wildman–Crippen MR) is 98.9 cm³/mol. The second kappa shape index (κ2) is 7.11. The summed E-state index contributed by atoms with van der Waals surface area (Å²) in [4.78, 5) is 15.6. The average molecular weight is 353 g/mol. The topological polar surface area (TPSA) is 58.4 Å². The van der Waals surface area contributed by atoms with Crippen molar-refractivity contribution in [3.63, 3.8) is 0 Å². The minimum atomic E-state index is -0.176. The van der Waals surface area contributed by atoms with Gasteiger partial charge in [0.25, 0.3) is 5.91 Å². The highest BCUT2D eigenvalue weighted by molar-refractivity contribution is 7.13. The maximum atomic E-state index is 12.3. The highest BCUT2D eigenvalue weighted by Crippen LogP contribution is 2.25. The number of thiophene rings is 1. The van der Waals surface area contributed by atoms with Crippen molar-refractivity contribution >= 4 is 22.9 Å². The van der Waals surface area contributed by atoms with Gasteiger partial charge in [0.1, 0.15) is 0 Å². The summed E-state index contributed by atoms with van der Waals surface area (Å²) < 4.78 is 5.27. The Bertz CT molecular complexity index is 829. The molecule has 5 nitrogen and oxygen atoms in total. The van der Waals surface area contributed by atoms with E-state index >= 15 is 0 Å². The van der Waals surface area contributed by atoms with Crippen LogP contribution in [0.25, 0.3) is 10.6 Å². The van der Waals surface area contributed by atoms with Crippen LogP contribution in [0.4, 0.5) is 5.69 Å². The van der Waals surface area contributed by atoms with Crippen LogP contribution in [-0.2, 0) is 0 Å². The van der Waals surface area contributed by atoms with E-state index in [4.69, 9.17) is 4.52 Å². The first-order valence-electron chi connectivity index (χ1n) is 8.38. The largest absolute Gasteiger partial charge is 0.371 e. The smallest absolute Gasteiger partial charge is 0.273 e. The number of hydrogen-bond acceptors (Lipinski definition) is 5. The summed E-state index contributed by atoms with van der Waals surface area (Å²) in [5.74, 6) is 0.911. The van der Waals surface area contributed by atoms with Gasteiger partial charge >= 0.3 is 0 Å². The molecule has 0 spiro atoms. The van der Waals surface area contributed by atoms with Crippen LogP contribution < -0.4 is 10.2 Å². The molecule has 1 unspecified atom stereocenters. The normalized spacial score (nSPS) is 17.0. The Morgan fingerprint density at radius 1 is 1.28 bits per heavy atom. The van der Waals surface area contributed by atoms with E-state index in [9.17, 15) is 4.79 Å². The molecule has 128 valence electrons. The molecule has 1 saturated heterocycles. The molecule has 1 aliphatic rings. The van der Waals surface area contributed by atoms with Gasteiger partial charge in [-0.05, 0) is 35.9 Å². The molecule has 0 bridgehead atoms. The quantitative estimate of drug-likeness (QED) is 0.760. The van der Waals surface area contributed by atoms with Crippen molar-refractivity contribution in [2.24, 2.45) is 5.92 Å². The Balaban J connectivity index is 1.31. The molecule has 3 heterocycles. The fraction of sp³-hybridized carbons (Fsp3) is 0.263. The molecule has 4 rings (SSSR count). The predicted octanol–water partition coefficient (Wildman–Crippen LogP) is 3.66. The number of para-hydroxylation sites is 1. The number of benzene rings is 1. The summed E-state index contributed by atoms with van der Waals surface area (Å²) in [6, 6.07) is 16.0. The van der Waals surface area contributed by atoms with Crippen LogP contribution in [0, 0.1) is 5.92 Å². The molecule has 25 heavy (non-hydrogen) atoms. The average Bonchev–Trinajstić information content (AvgIpc) is 3.41. The van der Waals surface area contributed by atoms with Gasteiger partial charge in [0.15, 0.2) is 11.5 Å². The molecule has 1 atom stereocenters. The van der Waals surface area contributed by atoms with Crippen LogP contribution in [0.3, 0.4) is 0 Å². The van der Waals surface area contributed by atoms with E-state index in [1.54, 1.807) is 17.4 Å². The zero-order valence-electron chi connectivity index (χ0n) is 13.7. The van der Waals surface area contributed by atoms with Crippen molar-refractivity contribution in [3.05, 3.63) is 59.6 Å². The number of carbonyl (C=O) groups is 1. The molecule has 2 aromatic heterocycles. The number of nitrogens with one attached hydrogen (secondary N) is 1. The first kappa shape index (κ1) is 15.9. The molecule has 6 heteroatoms. The summed E-state index contributed by atoms with van der Waals surface area (Å²) >= 11 is 1.56. The van der Waals surface area contributed by atoms with Gasteiger partial charge in [0, 0.05) is 31.4 Å². The zero-order chi connectivity index (χ0) is 17.1. The summed E-state index contributed by atoms with van der Waals surface area (Å²) in [6.45, 7) is 2.64. The van der Waals surface area contributed by atoms with Crippen molar-refractivity contribution in [1.29, 1.82) is 0 Å². The van der Waals surface area contributed by atoms with Crippen LogP contribution in [0.1, 0.15) is 16.9 Å². The second-order valence-electron chi connectivity index (χ2n) is 6.20. The third-order valence-corrected chi connectivity index (χ3v) is 5.35. The van der Waals surface area contributed by atoms with Crippen LogP contribution in [0.2, 0.25) is 0 Å². The van der Waals surface area contributed by atoms with Crippen LogP contribution in [0.5, 0.6) is 0 Å². The highest BCUT2D eigenvalue weighted by atomic mass is 32.1. The van der Waals surface area contributed by atoms with Crippen molar-refractivity contribution in [2.45, 2.75) is 6.42 Å². The van der Waals surface area contributed by atoms with Gasteiger partial charge in [-0.3, -0.25) is 4.79 Å². The van der Waals surface area contributed by atoms with E-state index in [2.05, 4.69) is 39.6 Å². The lowest BCUT2D eigenvalue weighted by Crippen LogP contribution is -2.31. The maximum Gasteiger partial charge on any atom is 0.273 e. The second-order valence-corrected chi connectivity index (χ2v) is 7.15. The van der Waals surface area contributed by atoms with Gasteiger partial charge in [0.05, 0.1) is 4.88 Å². The van der Waals surface area contributed by atoms with Gasteiger partial charge < -0.3 is 14.7 Å². The molecule has 3 aromatic rings. The molecular formula is C19H19N3O2S. The zero-order valence-corrected chi connectivity index (χ0v) is 14.5. The van der Waals surface area contributed by atoms with Crippen molar-refractivity contribution in [1.82, 2.24) is 10.5 Å². The highest BCUT2D eigenvalue weighted by Gasteiger charge is 2.23. The van der Waals surface area contributed by atoms with E-state index in [1.165, 1.54) is 5.69 Å². The third kappa shape index (κ3) is 3.58. The van der Waals surface area contributed by atoms with Gasteiger partial charge in [0.2, 0.25) is 0 Å². The standard InChI is InChI=1S/C19H19N3O2S/c23-19(16-11-17(24-21-16)18-7-4-10-25-18)20-12-14-8-9-22(13-14)15-5-2-1-3-6-15/h1-7,10-11,14H,8-9,12-13H2,(H,20,23). The van der Waals surface area contributed by atoms with Crippen LogP contribution in [0.15, 0.2) is 58.4 Å². The summed E-state index contributed by atoms with van der Waals surface area (Å²) in [5, 5.41) is 8.84. The fourth-order valence-corrected chi connectivity index (χ4v) is 3.79. The van der Waals surface area contributed by atoms with Gasteiger partial charge in [-0.25, -0.2) is 0 Å². The van der Waals surface area contributed by atoms with Crippen LogP contribution >= 0.6 is 11.3 Å². The molecule has 0 radical (unpaired) electrons. The van der Waals surface area contributed by atoms with Gasteiger partial charge in [-0.2, -0.15) is 0 Å². The molecular weight excluding hydrogens is 334 g/mol. The molecule has 0 saturated carbocycles. The van der Waals surface area contributed by atoms with Gasteiger partial charge in [-0.1, -0.05) is 29.4 Å².